The van der Waals surface area contributed by atoms with Gasteiger partial charge in [0.25, 0.3) is 5.69 Å². The summed E-state index contributed by atoms with van der Waals surface area (Å²) < 4.78 is 0. The molecule has 1 fully saturated rings. The number of nitro benzene ring substituents is 1. The second-order valence-electron chi connectivity index (χ2n) is 5.09. The molecule has 5 nitrogen and oxygen atoms in total. The summed E-state index contributed by atoms with van der Waals surface area (Å²) >= 11 is 0. The molecule has 0 N–H and O–H groups in total. The fourth-order valence-electron chi connectivity index (χ4n) is 2.52. The Hall–Kier alpha value is -1.75. The van der Waals surface area contributed by atoms with Gasteiger partial charge in [-0.3, -0.25) is 19.8 Å². The molecule has 0 unspecified atom stereocenters. The van der Waals surface area contributed by atoms with Gasteiger partial charge in [0.2, 0.25) is 0 Å². The summed E-state index contributed by atoms with van der Waals surface area (Å²) in [5.74, 6) is 0.469. The van der Waals surface area contributed by atoms with Gasteiger partial charge in [0.1, 0.15) is 5.78 Å². The van der Waals surface area contributed by atoms with Crippen molar-refractivity contribution in [2.75, 3.05) is 13.1 Å². The molecule has 1 aromatic carbocycles. The van der Waals surface area contributed by atoms with Crippen LogP contribution in [-0.2, 0) is 11.3 Å². The number of carbonyl (C=O) groups is 1. The van der Waals surface area contributed by atoms with Crippen LogP contribution in [0.1, 0.15) is 25.3 Å². The lowest BCUT2D eigenvalue weighted by Crippen LogP contribution is -2.35. The number of carbonyl (C=O) groups excluding carboxylic acids is 1. The van der Waals surface area contributed by atoms with Crippen LogP contribution in [0.2, 0.25) is 0 Å². The molecular formula is C14H18N2O3. The molecule has 0 aliphatic carbocycles. The normalized spacial score (nSPS) is 17.3. The third-order valence-electron chi connectivity index (χ3n) is 3.69. The van der Waals surface area contributed by atoms with E-state index < -0.39 is 0 Å². The highest BCUT2D eigenvalue weighted by atomic mass is 16.6. The van der Waals surface area contributed by atoms with Crippen molar-refractivity contribution in [1.82, 2.24) is 4.90 Å². The molecule has 1 aliphatic heterocycles. The van der Waals surface area contributed by atoms with E-state index in [0.29, 0.717) is 6.54 Å². The highest BCUT2D eigenvalue weighted by Gasteiger charge is 2.22. The van der Waals surface area contributed by atoms with Gasteiger partial charge in [-0.15, -0.1) is 0 Å². The van der Waals surface area contributed by atoms with Crippen molar-refractivity contribution in [3.63, 3.8) is 0 Å². The van der Waals surface area contributed by atoms with Crippen LogP contribution in [0.15, 0.2) is 24.3 Å². The Labute approximate surface area is 112 Å². The van der Waals surface area contributed by atoms with Gasteiger partial charge >= 0.3 is 0 Å². The Morgan fingerprint density at radius 1 is 1.42 bits per heavy atom. The summed E-state index contributed by atoms with van der Waals surface area (Å²) in [6, 6.07) is 6.75. The number of non-ortho nitro benzene ring substituents is 1. The van der Waals surface area contributed by atoms with Crippen molar-refractivity contribution in [2.24, 2.45) is 5.92 Å². The minimum atomic E-state index is -0.370. The number of hydrogen-bond acceptors (Lipinski definition) is 4. The predicted octanol–water partition coefficient (Wildman–Crippen LogP) is 2.40. The third-order valence-corrected chi connectivity index (χ3v) is 3.69. The van der Waals surface area contributed by atoms with E-state index in [1.807, 2.05) is 6.07 Å². The number of hydrogen-bond donors (Lipinski definition) is 0. The molecular weight excluding hydrogens is 244 g/mol. The molecule has 0 aromatic heterocycles. The maximum atomic E-state index is 11.3. The lowest BCUT2D eigenvalue weighted by Gasteiger charge is -2.30. The number of Topliss-reactive ketones (excluding diaryl/α,β-unsaturated/α-hetero) is 1. The smallest absolute Gasteiger partial charge is 0.269 e. The standard InChI is InChI=1S/C14H18N2O3/c1-11(17)13-5-7-15(8-6-13)10-12-3-2-4-14(9-12)16(18)19/h2-4,9,13H,5-8,10H2,1H3. The minimum absolute atomic E-state index is 0.135. The first-order valence-corrected chi connectivity index (χ1v) is 6.52. The second-order valence-corrected chi connectivity index (χ2v) is 5.09. The zero-order valence-corrected chi connectivity index (χ0v) is 11.0. The van der Waals surface area contributed by atoms with Crippen molar-refractivity contribution in [2.45, 2.75) is 26.3 Å². The Kier molecular flexibility index (Phi) is 4.27. The summed E-state index contributed by atoms with van der Waals surface area (Å²) in [7, 11) is 0. The van der Waals surface area contributed by atoms with Crippen molar-refractivity contribution in [3.05, 3.63) is 39.9 Å². The lowest BCUT2D eigenvalue weighted by molar-refractivity contribution is -0.384. The number of nitrogens with zero attached hydrogens (tertiary/aromatic N) is 2. The number of rotatable bonds is 4. The summed E-state index contributed by atoms with van der Waals surface area (Å²) in [5.41, 5.74) is 1.09. The largest absolute Gasteiger partial charge is 0.300 e. The number of ketones is 1. The molecule has 1 heterocycles. The van der Waals surface area contributed by atoms with Gasteiger partial charge in [-0.2, -0.15) is 0 Å². The van der Waals surface area contributed by atoms with Gasteiger partial charge in [-0.25, -0.2) is 0 Å². The zero-order valence-electron chi connectivity index (χ0n) is 11.0. The van der Waals surface area contributed by atoms with E-state index in [2.05, 4.69) is 4.90 Å². The van der Waals surface area contributed by atoms with Crippen LogP contribution in [0.5, 0.6) is 0 Å². The quantitative estimate of drug-likeness (QED) is 0.617. The molecule has 19 heavy (non-hydrogen) atoms. The van der Waals surface area contributed by atoms with Gasteiger partial charge in [-0.1, -0.05) is 12.1 Å². The maximum absolute atomic E-state index is 11.3. The van der Waals surface area contributed by atoms with E-state index in [4.69, 9.17) is 0 Å². The maximum Gasteiger partial charge on any atom is 0.269 e. The monoisotopic (exact) mass is 262 g/mol. The third kappa shape index (κ3) is 3.61. The number of piperidine rings is 1. The van der Waals surface area contributed by atoms with Crippen LogP contribution in [0.3, 0.4) is 0 Å². The van der Waals surface area contributed by atoms with Crippen LogP contribution in [0.25, 0.3) is 0 Å². The first-order chi connectivity index (χ1) is 9.06. The molecule has 1 aliphatic rings. The van der Waals surface area contributed by atoms with Gasteiger partial charge in [0.15, 0.2) is 0 Å². The molecule has 0 radical (unpaired) electrons. The van der Waals surface area contributed by atoms with E-state index in [-0.39, 0.29) is 22.3 Å². The van der Waals surface area contributed by atoms with E-state index in [9.17, 15) is 14.9 Å². The van der Waals surface area contributed by atoms with Gasteiger partial charge in [0, 0.05) is 24.6 Å². The topological polar surface area (TPSA) is 63.5 Å². The average molecular weight is 262 g/mol. The van der Waals surface area contributed by atoms with Crippen LogP contribution >= 0.6 is 0 Å². The molecule has 0 amide bonds. The molecule has 2 rings (SSSR count). The fraction of sp³-hybridized carbons (Fsp3) is 0.500. The molecule has 0 bridgehead atoms. The summed E-state index contributed by atoms with van der Waals surface area (Å²) in [4.78, 5) is 23.9. The van der Waals surface area contributed by atoms with Crippen LogP contribution < -0.4 is 0 Å². The first kappa shape index (κ1) is 13.7. The van der Waals surface area contributed by atoms with Crippen LogP contribution in [0, 0.1) is 16.0 Å². The number of likely N-dealkylation sites (tertiary alicyclic amines) is 1. The molecule has 1 saturated heterocycles. The predicted molar refractivity (Wildman–Crippen MR) is 71.8 cm³/mol. The van der Waals surface area contributed by atoms with Crippen LogP contribution in [-0.4, -0.2) is 28.7 Å². The number of benzene rings is 1. The van der Waals surface area contributed by atoms with Gasteiger partial charge in [0.05, 0.1) is 4.92 Å². The molecule has 0 saturated carbocycles. The van der Waals surface area contributed by atoms with Crippen molar-refractivity contribution in [1.29, 1.82) is 0 Å². The van der Waals surface area contributed by atoms with E-state index in [1.165, 1.54) is 6.07 Å². The van der Waals surface area contributed by atoms with E-state index >= 15 is 0 Å². The lowest BCUT2D eigenvalue weighted by atomic mass is 9.93. The van der Waals surface area contributed by atoms with E-state index in [1.54, 1.807) is 19.1 Å². The van der Waals surface area contributed by atoms with Crippen molar-refractivity contribution in [3.8, 4) is 0 Å². The van der Waals surface area contributed by atoms with Gasteiger partial charge < -0.3 is 0 Å². The molecule has 0 atom stereocenters. The Morgan fingerprint density at radius 3 is 2.68 bits per heavy atom. The van der Waals surface area contributed by atoms with Crippen LogP contribution in [0.4, 0.5) is 5.69 Å². The summed E-state index contributed by atoms with van der Waals surface area (Å²) in [6.45, 7) is 4.13. The highest BCUT2D eigenvalue weighted by Crippen LogP contribution is 2.21. The fourth-order valence-corrected chi connectivity index (χ4v) is 2.52. The minimum Gasteiger partial charge on any atom is -0.300 e. The second kappa shape index (κ2) is 5.93. The molecule has 102 valence electrons. The molecule has 1 aromatic rings. The van der Waals surface area contributed by atoms with Crippen molar-refractivity contribution < 1.29 is 9.72 Å². The average Bonchev–Trinajstić information content (AvgIpc) is 2.39. The zero-order chi connectivity index (χ0) is 13.8. The number of nitro groups is 1. The van der Waals surface area contributed by atoms with Gasteiger partial charge in [-0.05, 0) is 38.4 Å². The van der Waals surface area contributed by atoms with Crippen molar-refractivity contribution >= 4 is 11.5 Å². The Balaban J connectivity index is 1.94. The molecule has 0 spiro atoms. The Bertz CT molecular complexity index is 479. The Morgan fingerprint density at radius 2 is 2.11 bits per heavy atom. The molecule has 5 heteroatoms. The highest BCUT2D eigenvalue weighted by molar-refractivity contribution is 5.78. The first-order valence-electron chi connectivity index (χ1n) is 6.52. The summed E-state index contributed by atoms with van der Waals surface area (Å²) in [6.07, 6.45) is 1.79. The van der Waals surface area contributed by atoms with E-state index in [0.717, 1.165) is 31.5 Å². The SMILES string of the molecule is CC(=O)C1CCN(Cc2cccc([N+](=O)[O-])c2)CC1. The summed E-state index contributed by atoms with van der Waals surface area (Å²) in [5, 5.41) is 10.7.